The predicted molar refractivity (Wildman–Crippen MR) is 113 cm³/mol. The number of nitrogens with zero attached hydrogens (tertiary/aromatic N) is 5. The Morgan fingerprint density at radius 2 is 1.77 bits per heavy atom. The van der Waals surface area contributed by atoms with Crippen LogP contribution in [0.25, 0.3) is 11.4 Å². The number of pyridine rings is 1. The molecule has 154 valence electrons. The summed E-state index contributed by atoms with van der Waals surface area (Å²) in [5.41, 5.74) is 1.53. The molecule has 0 spiro atoms. The molecule has 2 aromatic heterocycles. The molecule has 1 saturated heterocycles. The van der Waals surface area contributed by atoms with Gasteiger partial charge in [0.2, 0.25) is 0 Å². The molecule has 0 atom stereocenters. The molecule has 1 aromatic carbocycles. The van der Waals surface area contributed by atoms with Crippen LogP contribution in [0.5, 0.6) is 11.5 Å². The Balaban J connectivity index is 1.28. The van der Waals surface area contributed by atoms with Gasteiger partial charge in [0, 0.05) is 38.4 Å². The highest BCUT2D eigenvalue weighted by molar-refractivity contribution is 5.78. The summed E-state index contributed by atoms with van der Waals surface area (Å²) in [5, 5.41) is 8.63. The van der Waals surface area contributed by atoms with Crippen molar-refractivity contribution in [3.63, 3.8) is 0 Å². The van der Waals surface area contributed by atoms with Crippen molar-refractivity contribution in [1.82, 2.24) is 20.1 Å². The third kappa shape index (κ3) is 4.65. The third-order valence-corrected chi connectivity index (χ3v) is 4.94. The zero-order chi connectivity index (χ0) is 20.8. The van der Waals surface area contributed by atoms with E-state index in [9.17, 15) is 4.79 Å². The molecule has 1 amide bonds. The van der Waals surface area contributed by atoms with Crippen molar-refractivity contribution in [3.05, 3.63) is 60.8 Å². The van der Waals surface area contributed by atoms with Gasteiger partial charge in [0.25, 0.3) is 5.91 Å². The van der Waals surface area contributed by atoms with Gasteiger partial charge in [-0.05, 0) is 36.4 Å². The minimum absolute atomic E-state index is 0.00570. The molecule has 1 aliphatic rings. The number of amides is 1. The molecular weight excluding hydrogens is 382 g/mol. The first-order chi connectivity index (χ1) is 14.7. The van der Waals surface area contributed by atoms with Gasteiger partial charge in [-0.2, -0.15) is 0 Å². The van der Waals surface area contributed by atoms with Crippen LogP contribution in [0.1, 0.15) is 0 Å². The standard InChI is InChI=1S/C22H23N5O3/c1-29-17-5-4-6-18(15-17)30-16-22(28)27-13-11-26(12-14-27)21-9-8-20(24-25-21)19-7-2-3-10-23-19/h2-10,15H,11-14,16H2,1H3. The smallest absolute Gasteiger partial charge is 0.260 e. The number of methoxy groups -OCH3 is 1. The fourth-order valence-electron chi connectivity index (χ4n) is 3.26. The second-order valence-electron chi connectivity index (χ2n) is 6.83. The Hall–Kier alpha value is -3.68. The van der Waals surface area contributed by atoms with Crippen molar-refractivity contribution in [2.24, 2.45) is 0 Å². The number of anilines is 1. The molecule has 0 unspecified atom stereocenters. The number of hydrogen-bond donors (Lipinski definition) is 0. The molecule has 0 radical (unpaired) electrons. The molecular formula is C22H23N5O3. The monoisotopic (exact) mass is 405 g/mol. The number of benzene rings is 1. The maximum atomic E-state index is 12.5. The second kappa shape index (κ2) is 9.21. The molecule has 0 N–H and O–H groups in total. The Labute approximate surface area is 175 Å². The Morgan fingerprint density at radius 3 is 2.47 bits per heavy atom. The van der Waals surface area contributed by atoms with Crippen LogP contribution in [0.3, 0.4) is 0 Å². The molecule has 0 bridgehead atoms. The molecule has 8 heteroatoms. The van der Waals surface area contributed by atoms with Crippen molar-refractivity contribution in [3.8, 4) is 22.9 Å². The van der Waals surface area contributed by atoms with Crippen LogP contribution in [-0.2, 0) is 4.79 Å². The molecule has 0 saturated carbocycles. The predicted octanol–water partition coefficient (Wildman–Crippen LogP) is 2.27. The van der Waals surface area contributed by atoms with Gasteiger partial charge in [0.05, 0.1) is 12.8 Å². The average molecular weight is 405 g/mol. The maximum Gasteiger partial charge on any atom is 0.260 e. The van der Waals surface area contributed by atoms with Crippen molar-refractivity contribution < 1.29 is 14.3 Å². The quantitative estimate of drug-likeness (QED) is 0.622. The van der Waals surface area contributed by atoms with E-state index in [0.717, 1.165) is 17.2 Å². The van der Waals surface area contributed by atoms with Crippen LogP contribution in [0.15, 0.2) is 60.8 Å². The normalized spacial score (nSPS) is 13.8. The summed E-state index contributed by atoms with van der Waals surface area (Å²) in [7, 11) is 1.60. The first-order valence-corrected chi connectivity index (χ1v) is 9.77. The van der Waals surface area contributed by atoms with E-state index in [2.05, 4.69) is 20.1 Å². The van der Waals surface area contributed by atoms with Crippen LogP contribution >= 0.6 is 0 Å². The van der Waals surface area contributed by atoms with Gasteiger partial charge < -0.3 is 19.3 Å². The van der Waals surface area contributed by atoms with Crippen molar-refractivity contribution in [1.29, 1.82) is 0 Å². The number of aromatic nitrogens is 3. The summed E-state index contributed by atoms with van der Waals surface area (Å²) in [6, 6.07) is 16.8. The zero-order valence-electron chi connectivity index (χ0n) is 16.8. The summed E-state index contributed by atoms with van der Waals surface area (Å²) in [6.07, 6.45) is 1.74. The summed E-state index contributed by atoms with van der Waals surface area (Å²) in [5.74, 6) is 2.08. The molecule has 8 nitrogen and oxygen atoms in total. The summed E-state index contributed by atoms with van der Waals surface area (Å²) < 4.78 is 10.8. The molecule has 1 aliphatic heterocycles. The van der Waals surface area contributed by atoms with Crippen molar-refractivity contribution >= 4 is 11.7 Å². The number of rotatable bonds is 6. The van der Waals surface area contributed by atoms with E-state index in [0.29, 0.717) is 37.7 Å². The lowest BCUT2D eigenvalue weighted by Gasteiger charge is -2.35. The number of ether oxygens (including phenoxy) is 2. The van der Waals surface area contributed by atoms with Crippen LogP contribution in [0, 0.1) is 0 Å². The van der Waals surface area contributed by atoms with Gasteiger partial charge in [0.1, 0.15) is 17.2 Å². The van der Waals surface area contributed by atoms with Gasteiger partial charge in [-0.15, -0.1) is 10.2 Å². The lowest BCUT2D eigenvalue weighted by molar-refractivity contribution is -0.133. The number of hydrogen-bond acceptors (Lipinski definition) is 7. The number of carbonyl (C=O) groups is 1. The maximum absolute atomic E-state index is 12.5. The first-order valence-electron chi connectivity index (χ1n) is 9.77. The molecule has 3 aromatic rings. The number of piperazine rings is 1. The van der Waals surface area contributed by atoms with Crippen LogP contribution in [0.2, 0.25) is 0 Å². The Kier molecular flexibility index (Phi) is 6.03. The van der Waals surface area contributed by atoms with Crippen LogP contribution < -0.4 is 14.4 Å². The van der Waals surface area contributed by atoms with E-state index in [-0.39, 0.29) is 12.5 Å². The molecule has 30 heavy (non-hydrogen) atoms. The fourth-order valence-corrected chi connectivity index (χ4v) is 3.26. The molecule has 4 rings (SSSR count). The minimum Gasteiger partial charge on any atom is -0.497 e. The van der Waals surface area contributed by atoms with Gasteiger partial charge in [-0.3, -0.25) is 9.78 Å². The van der Waals surface area contributed by atoms with E-state index in [4.69, 9.17) is 9.47 Å². The highest BCUT2D eigenvalue weighted by atomic mass is 16.5. The van der Waals surface area contributed by atoms with E-state index >= 15 is 0 Å². The molecule has 1 fully saturated rings. The SMILES string of the molecule is COc1cccc(OCC(=O)N2CCN(c3ccc(-c4ccccn4)nn3)CC2)c1. The van der Waals surface area contributed by atoms with Crippen molar-refractivity contribution in [2.75, 3.05) is 44.8 Å². The third-order valence-electron chi connectivity index (χ3n) is 4.94. The van der Waals surface area contributed by atoms with E-state index in [1.165, 1.54) is 0 Å². The lowest BCUT2D eigenvalue weighted by atomic mass is 10.2. The number of carbonyl (C=O) groups excluding carboxylic acids is 1. The second-order valence-corrected chi connectivity index (χ2v) is 6.83. The first kappa shape index (κ1) is 19.6. The van der Waals surface area contributed by atoms with E-state index < -0.39 is 0 Å². The largest absolute Gasteiger partial charge is 0.497 e. The van der Waals surface area contributed by atoms with Gasteiger partial charge in [-0.1, -0.05) is 12.1 Å². The molecule has 3 heterocycles. The fraction of sp³-hybridized carbons (Fsp3) is 0.273. The minimum atomic E-state index is -0.0333. The molecule has 0 aliphatic carbocycles. The Bertz CT molecular complexity index is 974. The Morgan fingerprint density at radius 1 is 0.933 bits per heavy atom. The van der Waals surface area contributed by atoms with Crippen LogP contribution in [0.4, 0.5) is 5.82 Å². The van der Waals surface area contributed by atoms with Crippen molar-refractivity contribution in [2.45, 2.75) is 0 Å². The topological polar surface area (TPSA) is 80.7 Å². The van der Waals surface area contributed by atoms with Gasteiger partial charge >= 0.3 is 0 Å². The van der Waals surface area contributed by atoms with Gasteiger partial charge in [0.15, 0.2) is 12.4 Å². The summed E-state index contributed by atoms with van der Waals surface area (Å²) >= 11 is 0. The summed E-state index contributed by atoms with van der Waals surface area (Å²) in [6.45, 7) is 2.63. The van der Waals surface area contributed by atoms with Crippen LogP contribution in [-0.4, -0.2) is 65.9 Å². The van der Waals surface area contributed by atoms with E-state index in [1.54, 1.807) is 25.4 Å². The zero-order valence-corrected chi connectivity index (χ0v) is 16.8. The van der Waals surface area contributed by atoms with E-state index in [1.807, 2.05) is 47.4 Å². The average Bonchev–Trinajstić information content (AvgIpc) is 2.83. The highest BCUT2D eigenvalue weighted by Gasteiger charge is 2.22. The van der Waals surface area contributed by atoms with Gasteiger partial charge in [-0.25, -0.2) is 0 Å². The lowest BCUT2D eigenvalue weighted by Crippen LogP contribution is -2.50. The summed E-state index contributed by atoms with van der Waals surface area (Å²) in [4.78, 5) is 20.7. The highest BCUT2D eigenvalue weighted by Crippen LogP contribution is 2.20.